The van der Waals surface area contributed by atoms with E-state index in [4.69, 9.17) is 0 Å². The van der Waals surface area contributed by atoms with Crippen LogP contribution < -0.4 is 9.64 Å². The Morgan fingerprint density at radius 2 is 2.11 bits per heavy atom. The summed E-state index contributed by atoms with van der Waals surface area (Å²) >= 11 is 3.16. The Kier molecular flexibility index (Phi) is 3.73. The van der Waals surface area contributed by atoms with E-state index in [1.165, 1.54) is 11.0 Å². The van der Waals surface area contributed by atoms with Crippen molar-refractivity contribution in [2.75, 3.05) is 11.4 Å². The first-order chi connectivity index (χ1) is 8.76. The third-order valence-electron chi connectivity index (χ3n) is 2.55. The summed E-state index contributed by atoms with van der Waals surface area (Å²) < 4.78 is 40.7. The number of hydrogen-bond acceptors (Lipinski definition) is 3. The number of ether oxygens (including phenoxy) is 1. The van der Waals surface area contributed by atoms with Gasteiger partial charge in [-0.15, -0.1) is 13.2 Å². The minimum atomic E-state index is -4.79. The van der Waals surface area contributed by atoms with E-state index in [0.717, 1.165) is 12.1 Å². The second-order valence-corrected chi connectivity index (χ2v) is 4.88. The highest BCUT2D eigenvalue weighted by Crippen LogP contribution is 2.34. The summed E-state index contributed by atoms with van der Waals surface area (Å²) in [5.41, 5.74) is 0.239. The van der Waals surface area contributed by atoms with E-state index in [9.17, 15) is 23.1 Å². The van der Waals surface area contributed by atoms with E-state index in [1.807, 2.05) is 0 Å². The van der Waals surface area contributed by atoms with Gasteiger partial charge in [0.2, 0.25) is 5.91 Å². The average molecular weight is 340 g/mol. The molecule has 1 aromatic rings. The zero-order valence-corrected chi connectivity index (χ0v) is 11.0. The van der Waals surface area contributed by atoms with Gasteiger partial charge < -0.3 is 14.7 Å². The fourth-order valence-corrected chi connectivity index (χ4v) is 2.28. The van der Waals surface area contributed by atoms with Gasteiger partial charge in [-0.3, -0.25) is 4.79 Å². The SMILES string of the molecule is O=C1CC(O)CN1c1cc(OC(F)(F)F)ccc1Br. The zero-order chi connectivity index (χ0) is 14.2. The Morgan fingerprint density at radius 1 is 1.42 bits per heavy atom. The van der Waals surface area contributed by atoms with Crippen molar-refractivity contribution in [1.29, 1.82) is 0 Å². The second-order valence-electron chi connectivity index (χ2n) is 4.02. The maximum Gasteiger partial charge on any atom is 0.573 e. The molecule has 1 aromatic carbocycles. The van der Waals surface area contributed by atoms with Crippen LogP contribution in [-0.4, -0.2) is 30.0 Å². The summed E-state index contributed by atoms with van der Waals surface area (Å²) in [7, 11) is 0. The molecule has 0 spiro atoms. The molecular weight excluding hydrogens is 331 g/mol. The average Bonchev–Trinajstić information content (AvgIpc) is 2.58. The number of anilines is 1. The van der Waals surface area contributed by atoms with E-state index < -0.39 is 18.2 Å². The molecule has 1 fully saturated rings. The molecule has 1 heterocycles. The molecule has 0 aromatic heterocycles. The van der Waals surface area contributed by atoms with E-state index in [2.05, 4.69) is 20.7 Å². The maximum atomic E-state index is 12.1. The van der Waals surface area contributed by atoms with Crippen LogP contribution in [0.5, 0.6) is 5.75 Å². The van der Waals surface area contributed by atoms with Crippen LogP contribution in [0, 0.1) is 0 Å². The van der Waals surface area contributed by atoms with Crippen molar-refractivity contribution in [3.05, 3.63) is 22.7 Å². The van der Waals surface area contributed by atoms with Gasteiger partial charge in [0.25, 0.3) is 0 Å². The van der Waals surface area contributed by atoms with Crippen LogP contribution in [0.15, 0.2) is 22.7 Å². The molecule has 1 saturated heterocycles. The summed E-state index contributed by atoms with van der Waals surface area (Å²) in [6.07, 6.45) is -5.65. The van der Waals surface area contributed by atoms with E-state index >= 15 is 0 Å². The predicted octanol–water partition coefficient (Wildman–Crippen LogP) is 2.45. The van der Waals surface area contributed by atoms with Crippen molar-refractivity contribution < 1.29 is 27.8 Å². The number of aliphatic hydroxyl groups is 1. The number of rotatable bonds is 2. The summed E-state index contributed by atoms with van der Waals surface area (Å²) in [6, 6.07) is 3.60. The summed E-state index contributed by atoms with van der Waals surface area (Å²) in [4.78, 5) is 12.8. The molecule has 1 atom stereocenters. The summed E-state index contributed by atoms with van der Waals surface area (Å²) in [5.74, 6) is -0.766. The highest BCUT2D eigenvalue weighted by molar-refractivity contribution is 9.10. The summed E-state index contributed by atoms with van der Waals surface area (Å²) in [5, 5.41) is 9.39. The molecule has 0 aliphatic carbocycles. The van der Waals surface area contributed by atoms with Gasteiger partial charge in [0.05, 0.1) is 24.8 Å². The molecule has 0 radical (unpaired) electrons. The number of nitrogens with zero attached hydrogens (tertiary/aromatic N) is 1. The van der Waals surface area contributed by atoms with Crippen LogP contribution in [0.2, 0.25) is 0 Å². The third-order valence-corrected chi connectivity index (χ3v) is 3.22. The van der Waals surface area contributed by atoms with Crippen LogP contribution in [-0.2, 0) is 4.79 Å². The number of β-amino-alcohol motifs (C(OH)–C–C–N with tert-alkyl or cyclic N) is 1. The molecule has 1 unspecified atom stereocenters. The molecule has 1 amide bonds. The molecule has 1 aliphatic heterocycles. The van der Waals surface area contributed by atoms with Crippen LogP contribution in [0.3, 0.4) is 0 Å². The number of carbonyl (C=O) groups excluding carboxylic acids is 1. The Balaban J connectivity index is 2.30. The first-order valence-electron chi connectivity index (χ1n) is 5.30. The summed E-state index contributed by atoms with van der Waals surface area (Å²) in [6.45, 7) is 0.0485. The standard InChI is InChI=1S/C11H9BrF3NO3/c12-8-2-1-7(19-11(13,14)15)4-9(8)16-5-6(17)3-10(16)18/h1-2,4,6,17H,3,5H2. The van der Waals surface area contributed by atoms with Crippen molar-refractivity contribution in [1.82, 2.24) is 0 Å². The van der Waals surface area contributed by atoms with E-state index in [1.54, 1.807) is 0 Å². The minimum absolute atomic E-state index is 0.0448. The number of carbonyl (C=O) groups is 1. The van der Waals surface area contributed by atoms with Crippen molar-refractivity contribution in [3.63, 3.8) is 0 Å². The lowest BCUT2D eigenvalue weighted by Gasteiger charge is -2.19. The predicted molar refractivity (Wildman–Crippen MR) is 63.8 cm³/mol. The number of halogens is 4. The zero-order valence-electron chi connectivity index (χ0n) is 9.45. The van der Waals surface area contributed by atoms with Gasteiger partial charge in [0.15, 0.2) is 0 Å². The Morgan fingerprint density at radius 3 is 2.63 bits per heavy atom. The fraction of sp³-hybridized carbons (Fsp3) is 0.364. The van der Waals surface area contributed by atoms with Crippen LogP contribution in [0.25, 0.3) is 0 Å². The van der Waals surface area contributed by atoms with Crippen LogP contribution in [0.1, 0.15) is 6.42 Å². The smallest absolute Gasteiger partial charge is 0.406 e. The molecular formula is C11H9BrF3NO3. The minimum Gasteiger partial charge on any atom is -0.406 e. The van der Waals surface area contributed by atoms with Gasteiger partial charge in [-0.2, -0.15) is 0 Å². The van der Waals surface area contributed by atoms with Gasteiger partial charge in [-0.25, -0.2) is 0 Å². The van der Waals surface area contributed by atoms with Gasteiger partial charge >= 0.3 is 6.36 Å². The fourth-order valence-electron chi connectivity index (χ4n) is 1.82. The molecule has 0 saturated carbocycles. The number of aliphatic hydroxyl groups excluding tert-OH is 1. The molecule has 4 nitrogen and oxygen atoms in total. The van der Waals surface area contributed by atoms with Gasteiger partial charge in [-0.05, 0) is 28.1 Å². The highest BCUT2D eigenvalue weighted by atomic mass is 79.9. The van der Waals surface area contributed by atoms with Crippen LogP contribution in [0.4, 0.5) is 18.9 Å². The van der Waals surface area contributed by atoms with Gasteiger partial charge in [0.1, 0.15) is 5.75 Å². The molecule has 104 valence electrons. The lowest BCUT2D eigenvalue weighted by atomic mass is 10.3. The topological polar surface area (TPSA) is 49.8 Å². The third kappa shape index (κ3) is 3.38. The largest absolute Gasteiger partial charge is 0.573 e. The number of benzene rings is 1. The van der Waals surface area contributed by atoms with E-state index in [0.29, 0.717) is 4.47 Å². The van der Waals surface area contributed by atoms with Crippen molar-refractivity contribution in [2.24, 2.45) is 0 Å². The quantitative estimate of drug-likeness (QED) is 0.900. The van der Waals surface area contributed by atoms with Gasteiger partial charge in [-0.1, -0.05) is 0 Å². The Labute approximate surface area is 114 Å². The first kappa shape index (κ1) is 14.1. The highest BCUT2D eigenvalue weighted by Gasteiger charge is 2.33. The van der Waals surface area contributed by atoms with Crippen molar-refractivity contribution in [3.8, 4) is 5.75 Å². The molecule has 0 bridgehead atoms. The van der Waals surface area contributed by atoms with Crippen LogP contribution >= 0.6 is 15.9 Å². The van der Waals surface area contributed by atoms with E-state index in [-0.39, 0.29) is 24.6 Å². The Hall–Kier alpha value is -1.28. The molecule has 19 heavy (non-hydrogen) atoms. The van der Waals surface area contributed by atoms with Gasteiger partial charge in [0, 0.05) is 10.5 Å². The van der Waals surface area contributed by atoms with Crippen molar-refractivity contribution >= 4 is 27.5 Å². The lowest BCUT2D eigenvalue weighted by Crippen LogP contribution is -2.26. The maximum absolute atomic E-state index is 12.1. The first-order valence-corrected chi connectivity index (χ1v) is 6.09. The normalized spacial score (nSPS) is 19.9. The van der Waals surface area contributed by atoms with Crippen molar-refractivity contribution in [2.45, 2.75) is 18.9 Å². The number of hydrogen-bond donors (Lipinski definition) is 1. The number of amides is 1. The molecule has 2 rings (SSSR count). The molecule has 1 aliphatic rings. The monoisotopic (exact) mass is 339 g/mol. The second kappa shape index (κ2) is 5.01. The lowest BCUT2D eigenvalue weighted by molar-refractivity contribution is -0.274. The number of alkyl halides is 3. The molecule has 8 heteroatoms. The molecule has 1 N–H and O–H groups in total. The Bertz CT molecular complexity index is 506.